The summed E-state index contributed by atoms with van der Waals surface area (Å²) in [6, 6.07) is 0. The van der Waals surface area contributed by atoms with Gasteiger partial charge in [-0.2, -0.15) is 4.98 Å². The van der Waals surface area contributed by atoms with Gasteiger partial charge in [0, 0.05) is 13.8 Å². The Morgan fingerprint density at radius 1 is 1.07 bits per heavy atom. The van der Waals surface area contributed by atoms with Crippen LogP contribution in [0.4, 0.5) is 16.2 Å². The maximum absolute atomic E-state index is 16.1. The molecule has 10 atom stereocenters. The van der Waals surface area contributed by atoms with E-state index in [0.717, 1.165) is 7.11 Å². The van der Waals surface area contributed by atoms with Gasteiger partial charge in [0.25, 0.3) is 5.56 Å². The largest absolute Gasteiger partial charge is 0.475 e. The predicted molar refractivity (Wildman–Crippen MR) is 150 cm³/mol. The van der Waals surface area contributed by atoms with E-state index in [1.165, 1.54) is 28.1 Å². The highest BCUT2D eigenvalue weighted by Gasteiger charge is 2.53. The Morgan fingerprint density at radius 2 is 1.80 bits per heavy atom. The summed E-state index contributed by atoms with van der Waals surface area (Å²) in [5.41, 5.74) is 11.5. The maximum atomic E-state index is 16.1. The van der Waals surface area contributed by atoms with Crippen LogP contribution in [0.5, 0.6) is 0 Å². The van der Waals surface area contributed by atoms with Crippen LogP contribution >= 0.6 is 16.2 Å². The van der Waals surface area contributed by atoms with Crippen molar-refractivity contribution in [2.45, 2.75) is 49.1 Å². The van der Waals surface area contributed by atoms with Crippen LogP contribution in [-0.4, -0.2) is 108 Å². The lowest BCUT2D eigenvalue weighted by molar-refractivity contribution is -0.0616. The summed E-state index contributed by atoms with van der Waals surface area (Å²) in [6.07, 6.45) is -6.92. The van der Waals surface area contributed by atoms with E-state index in [-0.39, 0.29) is 40.7 Å². The number of nitrogens with zero attached hydrogens (tertiary/aromatic N) is 7. The lowest BCUT2D eigenvalue weighted by Gasteiger charge is -2.27. The first kappa shape index (κ1) is 30.4. The lowest BCUT2D eigenvalue weighted by atomic mass is 10.1. The van der Waals surface area contributed by atoms with Gasteiger partial charge < -0.3 is 35.1 Å². The van der Waals surface area contributed by atoms with Gasteiger partial charge in [0.1, 0.15) is 42.4 Å². The summed E-state index contributed by atoms with van der Waals surface area (Å²) >= 11 is 0. The van der Waals surface area contributed by atoms with Crippen molar-refractivity contribution >= 4 is 50.3 Å². The highest BCUT2D eigenvalue weighted by atomic mass is 31.2. The number of hydrogen-bond acceptors (Lipinski definition) is 17. The fraction of sp³-hybridized carbons (Fsp3) is 0.545. The number of aromatic amines is 1. The first-order valence-corrected chi connectivity index (χ1v) is 16.5. The highest BCUT2D eigenvalue weighted by molar-refractivity contribution is 7.48. The van der Waals surface area contributed by atoms with Gasteiger partial charge in [0.2, 0.25) is 5.95 Å². The van der Waals surface area contributed by atoms with Gasteiger partial charge in [-0.15, -0.1) is 0 Å². The first-order valence-electron chi connectivity index (χ1n) is 13.4. The molecule has 0 radical (unpaired) electrons. The Balaban J connectivity index is 1.19. The molecule has 2 bridgehead atoms. The number of H-pyrrole nitrogens is 1. The summed E-state index contributed by atoms with van der Waals surface area (Å²) < 4.78 is 72.8. The molecule has 3 saturated heterocycles. The van der Waals surface area contributed by atoms with Gasteiger partial charge >= 0.3 is 7.82 Å². The predicted octanol–water partition coefficient (Wildman–Crippen LogP) is 0.131. The molecule has 9 unspecified atom stereocenters. The normalized spacial score (nSPS) is 36.0. The molecule has 0 amide bonds. The summed E-state index contributed by atoms with van der Waals surface area (Å²) in [5.74, 6) is -0.0748. The Hall–Kier alpha value is -3.23. The molecule has 0 spiro atoms. The SMILES string of the molecule is COP1(=O)OCC2OC(n3cnc4c(=O)[nH]c(N)nc43)C(O[P@](C)OCC3OC(n4cnc5c(N)ncnc54)C(F)C3O1)C2O. The molecule has 0 aromatic carbocycles. The van der Waals surface area contributed by atoms with Crippen LogP contribution in [0.2, 0.25) is 0 Å². The molecule has 4 aromatic rings. The molecule has 0 aliphatic carbocycles. The van der Waals surface area contributed by atoms with E-state index < -0.39 is 77.5 Å². The second-order valence-electron chi connectivity index (χ2n) is 10.2. The highest BCUT2D eigenvalue weighted by Crippen LogP contribution is 2.55. The number of imidazole rings is 2. The number of aromatic nitrogens is 8. The third-order valence-corrected chi connectivity index (χ3v) is 9.99. The molecule has 3 aliphatic heterocycles. The second-order valence-corrected chi connectivity index (χ2v) is 13.3. The van der Waals surface area contributed by atoms with Crippen LogP contribution in [0.3, 0.4) is 0 Å². The van der Waals surface area contributed by atoms with Crippen molar-refractivity contribution < 1.29 is 46.2 Å². The number of ether oxygens (including phenoxy) is 2. The number of nitrogens with two attached hydrogens (primary N) is 2. The number of phosphoric ester groups is 1. The van der Waals surface area contributed by atoms with Crippen LogP contribution in [0.1, 0.15) is 12.5 Å². The minimum atomic E-state index is -4.50. The van der Waals surface area contributed by atoms with Crippen molar-refractivity contribution in [1.29, 1.82) is 0 Å². The van der Waals surface area contributed by atoms with Crippen LogP contribution in [0.25, 0.3) is 22.3 Å². The number of alkyl halides is 1. The van der Waals surface area contributed by atoms with Crippen molar-refractivity contribution in [1.82, 2.24) is 39.0 Å². The molecule has 6 N–H and O–H groups in total. The molecule has 4 aromatic heterocycles. The van der Waals surface area contributed by atoms with Crippen molar-refractivity contribution in [3.05, 3.63) is 29.3 Å². The summed E-state index contributed by atoms with van der Waals surface area (Å²) in [6.45, 7) is 0.777. The molecule has 3 fully saturated rings. The van der Waals surface area contributed by atoms with Crippen LogP contribution < -0.4 is 17.0 Å². The van der Waals surface area contributed by atoms with Gasteiger partial charge in [0.15, 0.2) is 49.6 Å². The molecule has 23 heteroatoms. The standard InChI is InChI=1S/C22H27FN10O10P2/c1-37-45(36)39-4-8-13(34)15(21(40-8)33-7-29-12-18(33)30-22(25)31-19(12)35)42-44(2)38-3-9-14(43-45)10(23)20(41-9)32-6-28-11-16(24)26-5-27-17(11)32/h5-10,13-15,20-21,34H,3-4H2,1-2H3,(H2,24,26,27)(H3,25,30,31,35)/t8?,9?,10?,13?,14?,15?,20?,21?,44-,45?/m1/s1. The minimum Gasteiger partial charge on any atom is -0.387 e. The molecule has 20 nitrogen and oxygen atoms in total. The maximum Gasteiger partial charge on any atom is 0.475 e. The Labute approximate surface area is 252 Å². The number of phosphoric acid groups is 1. The molecule has 242 valence electrons. The van der Waals surface area contributed by atoms with Gasteiger partial charge in [-0.05, 0) is 0 Å². The van der Waals surface area contributed by atoms with E-state index in [1.54, 1.807) is 6.66 Å². The van der Waals surface area contributed by atoms with E-state index in [1.807, 2.05) is 0 Å². The van der Waals surface area contributed by atoms with E-state index >= 15 is 4.39 Å². The second kappa shape index (κ2) is 11.5. The molecular formula is C22H27FN10O10P2. The summed E-state index contributed by atoms with van der Waals surface area (Å²) in [7, 11) is -5.23. The zero-order valence-electron chi connectivity index (χ0n) is 23.4. The number of aliphatic hydroxyl groups is 1. The number of nitrogens with one attached hydrogen (secondary N) is 1. The van der Waals surface area contributed by atoms with Crippen molar-refractivity contribution in [2.24, 2.45) is 0 Å². The quantitative estimate of drug-likeness (QED) is 0.211. The Morgan fingerprint density at radius 3 is 2.58 bits per heavy atom. The van der Waals surface area contributed by atoms with Gasteiger partial charge in [0.05, 0.1) is 25.9 Å². The van der Waals surface area contributed by atoms with Crippen LogP contribution in [0, 0.1) is 0 Å². The van der Waals surface area contributed by atoms with Crippen molar-refractivity contribution in [2.75, 3.05) is 38.5 Å². The molecule has 7 heterocycles. The van der Waals surface area contributed by atoms with E-state index in [9.17, 15) is 14.5 Å². The molecule has 0 saturated carbocycles. The van der Waals surface area contributed by atoms with E-state index in [4.69, 9.17) is 43.6 Å². The van der Waals surface area contributed by atoms with Crippen molar-refractivity contribution in [3.8, 4) is 0 Å². The molecule has 45 heavy (non-hydrogen) atoms. The number of fused-ring (bicyclic) bond motifs is 5. The van der Waals surface area contributed by atoms with Crippen LogP contribution in [-0.2, 0) is 36.7 Å². The molecule has 7 rings (SSSR count). The lowest BCUT2D eigenvalue weighted by Crippen LogP contribution is -2.35. The van der Waals surface area contributed by atoms with Gasteiger partial charge in [-0.1, -0.05) is 0 Å². The summed E-state index contributed by atoms with van der Waals surface area (Å²) in [4.78, 5) is 35.1. The van der Waals surface area contributed by atoms with E-state index in [0.29, 0.717) is 0 Å². The zero-order valence-corrected chi connectivity index (χ0v) is 25.2. The van der Waals surface area contributed by atoms with E-state index in [2.05, 4.69) is 29.9 Å². The number of anilines is 2. The molecule has 3 aliphatic rings. The number of aliphatic hydroxyl groups excluding tert-OH is 1. The number of hydrogen-bond donors (Lipinski definition) is 4. The number of rotatable bonds is 3. The molecular weight excluding hydrogens is 645 g/mol. The monoisotopic (exact) mass is 672 g/mol. The third kappa shape index (κ3) is 5.28. The first-order chi connectivity index (χ1) is 21.6. The Bertz CT molecular complexity index is 1840. The smallest absolute Gasteiger partial charge is 0.387 e. The number of nitrogen functional groups attached to an aromatic ring is 2. The van der Waals surface area contributed by atoms with Crippen LogP contribution in [0.15, 0.2) is 23.8 Å². The Kier molecular flexibility index (Phi) is 7.80. The average molecular weight is 672 g/mol. The van der Waals surface area contributed by atoms with Crippen molar-refractivity contribution in [3.63, 3.8) is 0 Å². The average Bonchev–Trinajstić information content (AvgIpc) is 3.77. The fourth-order valence-electron chi connectivity index (χ4n) is 5.38. The zero-order chi connectivity index (χ0) is 31.6. The summed E-state index contributed by atoms with van der Waals surface area (Å²) in [5, 5.41) is 11.2. The number of halogens is 1. The minimum absolute atomic E-state index is 0.0259. The van der Waals surface area contributed by atoms with Gasteiger partial charge in [-0.25, -0.2) is 28.9 Å². The topological polar surface area (TPSA) is 261 Å². The fourth-order valence-corrected chi connectivity index (χ4v) is 7.50. The van der Waals surface area contributed by atoms with Gasteiger partial charge in [-0.3, -0.25) is 32.5 Å². The third-order valence-electron chi connectivity index (χ3n) is 7.53.